The standard InChI is InChI=1S/C7H9N/c1-3-4-7(2)5-6-8/h3-4H,2,5H2,1H3/b4-3-. The van der Waals surface area contributed by atoms with E-state index >= 15 is 0 Å². The van der Waals surface area contributed by atoms with Crippen molar-refractivity contribution in [3.63, 3.8) is 0 Å². The number of allylic oxidation sites excluding steroid dienone is 3. The second kappa shape index (κ2) is 4.14. The molecule has 0 bridgehead atoms. The van der Waals surface area contributed by atoms with E-state index in [1.54, 1.807) is 0 Å². The number of hydrogen-bond acceptors (Lipinski definition) is 1. The summed E-state index contributed by atoms with van der Waals surface area (Å²) in [5.41, 5.74) is 0.870. The lowest BCUT2D eigenvalue weighted by Gasteiger charge is -1.83. The van der Waals surface area contributed by atoms with Gasteiger partial charge in [-0.15, -0.1) is 0 Å². The van der Waals surface area contributed by atoms with Crippen molar-refractivity contribution in [1.29, 1.82) is 5.26 Å². The quantitative estimate of drug-likeness (QED) is 0.495. The Bertz CT molecular complexity index is 137. The summed E-state index contributed by atoms with van der Waals surface area (Å²) in [6.45, 7) is 5.53. The van der Waals surface area contributed by atoms with E-state index in [1.807, 2.05) is 25.1 Å². The highest BCUT2D eigenvalue weighted by molar-refractivity contribution is 5.17. The zero-order chi connectivity index (χ0) is 6.41. The van der Waals surface area contributed by atoms with Gasteiger partial charge in [0.1, 0.15) is 0 Å². The van der Waals surface area contributed by atoms with E-state index in [4.69, 9.17) is 5.26 Å². The first-order chi connectivity index (χ1) is 3.81. The van der Waals surface area contributed by atoms with Crippen molar-refractivity contribution in [2.45, 2.75) is 13.3 Å². The van der Waals surface area contributed by atoms with Gasteiger partial charge in [-0.3, -0.25) is 0 Å². The van der Waals surface area contributed by atoms with E-state index in [9.17, 15) is 0 Å². The minimum Gasteiger partial charge on any atom is -0.198 e. The lowest BCUT2D eigenvalue weighted by molar-refractivity contribution is 1.28. The SMILES string of the molecule is C=C(/C=C\C)CC#N. The second-order valence-electron chi connectivity index (χ2n) is 1.49. The Balaban J connectivity index is 3.53. The normalized spacial score (nSPS) is 9.00. The van der Waals surface area contributed by atoms with E-state index in [0.717, 1.165) is 5.57 Å². The first kappa shape index (κ1) is 6.97. The van der Waals surface area contributed by atoms with Crippen molar-refractivity contribution in [3.05, 3.63) is 24.3 Å². The minimum absolute atomic E-state index is 0.435. The molecule has 0 heterocycles. The molecule has 0 aromatic rings. The molecule has 0 rings (SSSR count). The maximum Gasteiger partial charge on any atom is 0.0669 e. The van der Waals surface area contributed by atoms with Crippen molar-refractivity contribution in [2.75, 3.05) is 0 Å². The zero-order valence-electron chi connectivity index (χ0n) is 5.02. The number of rotatable bonds is 2. The largest absolute Gasteiger partial charge is 0.198 e. The van der Waals surface area contributed by atoms with Crippen LogP contribution in [0.4, 0.5) is 0 Å². The molecule has 0 atom stereocenters. The second-order valence-corrected chi connectivity index (χ2v) is 1.49. The van der Waals surface area contributed by atoms with Gasteiger partial charge in [-0.2, -0.15) is 5.26 Å². The van der Waals surface area contributed by atoms with Crippen LogP contribution in [0.1, 0.15) is 13.3 Å². The maximum atomic E-state index is 8.12. The van der Waals surface area contributed by atoms with Gasteiger partial charge in [0.25, 0.3) is 0 Å². The lowest BCUT2D eigenvalue weighted by atomic mass is 10.2. The molecule has 0 aromatic carbocycles. The van der Waals surface area contributed by atoms with Crippen LogP contribution in [0.15, 0.2) is 24.3 Å². The van der Waals surface area contributed by atoms with E-state index in [-0.39, 0.29) is 0 Å². The molecule has 0 fully saturated rings. The molecule has 0 spiro atoms. The lowest BCUT2D eigenvalue weighted by Crippen LogP contribution is -1.68. The highest BCUT2D eigenvalue weighted by atomic mass is 14.2. The monoisotopic (exact) mass is 107 g/mol. The van der Waals surface area contributed by atoms with Crippen molar-refractivity contribution in [3.8, 4) is 6.07 Å². The van der Waals surface area contributed by atoms with Gasteiger partial charge in [0.15, 0.2) is 0 Å². The zero-order valence-corrected chi connectivity index (χ0v) is 5.02. The van der Waals surface area contributed by atoms with Crippen LogP contribution in [-0.4, -0.2) is 0 Å². The van der Waals surface area contributed by atoms with Crippen LogP contribution >= 0.6 is 0 Å². The summed E-state index contributed by atoms with van der Waals surface area (Å²) in [5, 5.41) is 8.12. The Hall–Kier alpha value is -1.03. The van der Waals surface area contributed by atoms with Crippen molar-refractivity contribution >= 4 is 0 Å². The molecule has 0 aliphatic heterocycles. The minimum atomic E-state index is 0.435. The predicted octanol–water partition coefficient (Wildman–Crippen LogP) is 2.03. The van der Waals surface area contributed by atoms with E-state index in [2.05, 4.69) is 6.58 Å². The first-order valence-electron chi connectivity index (χ1n) is 2.48. The maximum absolute atomic E-state index is 8.12. The topological polar surface area (TPSA) is 23.8 Å². The van der Waals surface area contributed by atoms with Crippen LogP contribution in [0.2, 0.25) is 0 Å². The molecule has 0 aliphatic rings. The van der Waals surface area contributed by atoms with Gasteiger partial charge in [0.05, 0.1) is 12.5 Å². The summed E-state index contributed by atoms with van der Waals surface area (Å²) in [6.07, 6.45) is 4.15. The van der Waals surface area contributed by atoms with Gasteiger partial charge in [-0.25, -0.2) is 0 Å². The Morgan fingerprint density at radius 3 is 2.88 bits per heavy atom. The van der Waals surface area contributed by atoms with Gasteiger partial charge in [0.2, 0.25) is 0 Å². The summed E-state index contributed by atoms with van der Waals surface area (Å²) in [6, 6.07) is 2.00. The Morgan fingerprint density at radius 1 is 1.88 bits per heavy atom. The van der Waals surface area contributed by atoms with Crippen LogP contribution in [-0.2, 0) is 0 Å². The Morgan fingerprint density at radius 2 is 2.50 bits per heavy atom. The molecule has 1 nitrogen and oxygen atoms in total. The van der Waals surface area contributed by atoms with Crippen LogP contribution in [0.5, 0.6) is 0 Å². The van der Waals surface area contributed by atoms with Gasteiger partial charge >= 0.3 is 0 Å². The van der Waals surface area contributed by atoms with Crippen LogP contribution < -0.4 is 0 Å². The third kappa shape index (κ3) is 3.17. The average molecular weight is 107 g/mol. The van der Waals surface area contributed by atoms with Crippen molar-refractivity contribution in [2.24, 2.45) is 0 Å². The molecule has 1 heteroatoms. The highest BCUT2D eigenvalue weighted by Crippen LogP contribution is 1.96. The van der Waals surface area contributed by atoms with Gasteiger partial charge < -0.3 is 0 Å². The summed E-state index contributed by atoms with van der Waals surface area (Å²) < 4.78 is 0. The van der Waals surface area contributed by atoms with E-state index < -0.39 is 0 Å². The number of hydrogen-bond donors (Lipinski definition) is 0. The molecule has 0 radical (unpaired) electrons. The molecule has 42 valence electrons. The third-order valence-electron chi connectivity index (χ3n) is 0.708. The van der Waals surface area contributed by atoms with Crippen LogP contribution in [0.25, 0.3) is 0 Å². The fourth-order valence-electron chi connectivity index (χ4n) is 0.396. The molecule has 0 aliphatic carbocycles. The van der Waals surface area contributed by atoms with Crippen LogP contribution in [0, 0.1) is 11.3 Å². The number of nitriles is 1. The van der Waals surface area contributed by atoms with E-state index in [0.29, 0.717) is 6.42 Å². The summed E-state index contributed by atoms with van der Waals surface area (Å²) in [7, 11) is 0. The molecular weight excluding hydrogens is 98.1 g/mol. The Labute approximate surface area is 49.9 Å². The molecule has 0 N–H and O–H groups in total. The highest BCUT2D eigenvalue weighted by Gasteiger charge is 1.80. The smallest absolute Gasteiger partial charge is 0.0669 e. The molecule has 0 aromatic heterocycles. The Kier molecular flexibility index (Phi) is 3.60. The average Bonchev–Trinajstić information content (AvgIpc) is 1.68. The third-order valence-corrected chi connectivity index (χ3v) is 0.708. The molecule has 0 saturated heterocycles. The summed E-state index contributed by atoms with van der Waals surface area (Å²) in [4.78, 5) is 0. The first-order valence-corrected chi connectivity index (χ1v) is 2.48. The summed E-state index contributed by atoms with van der Waals surface area (Å²) in [5.74, 6) is 0. The number of nitrogens with zero attached hydrogens (tertiary/aromatic N) is 1. The molecular formula is C7H9N. The van der Waals surface area contributed by atoms with Crippen LogP contribution in [0.3, 0.4) is 0 Å². The molecule has 0 unspecified atom stereocenters. The van der Waals surface area contributed by atoms with Gasteiger partial charge in [0, 0.05) is 0 Å². The summed E-state index contributed by atoms with van der Waals surface area (Å²) >= 11 is 0. The molecule has 0 saturated carbocycles. The fourth-order valence-corrected chi connectivity index (χ4v) is 0.396. The van der Waals surface area contributed by atoms with E-state index in [1.165, 1.54) is 0 Å². The van der Waals surface area contributed by atoms with Crippen molar-refractivity contribution in [1.82, 2.24) is 0 Å². The van der Waals surface area contributed by atoms with Gasteiger partial charge in [-0.05, 0) is 12.5 Å². The van der Waals surface area contributed by atoms with Gasteiger partial charge in [-0.1, -0.05) is 18.7 Å². The molecule has 0 amide bonds. The molecule has 8 heavy (non-hydrogen) atoms. The fraction of sp³-hybridized carbons (Fsp3) is 0.286. The van der Waals surface area contributed by atoms with Crippen molar-refractivity contribution < 1.29 is 0 Å². The predicted molar refractivity (Wildman–Crippen MR) is 34.2 cm³/mol.